The first-order chi connectivity index (χ1) is 7.60. The number of esters is 1. The van der Waals surface area contributed by atoms with Crippen LogP contribution in [0.25, 0.3) is 0 Å². The van der Waals surface area contributed by atoms with Crippen LogP contribution in [0.1, 0.15) is 22.0 Å². The van der Waals surface area contributed by atoms with Crippen LogP contribution in [0.5, 0.6) is 0 Å². The number of aliphatic hydroxyl groups is 2. The lowest BCUT2D eigenvalue weighted by Crippen LogP contribution is -2.15. The molecule has 0 amide bonds. The molecule has 2 unspecified atom stereocenters. The third kappa shape index (κ3) is 2.57. The lowest BCUT2D eigenvalue weighted by molar-refractivity contribution is 0.0526. The van der Waals surface area contributed by atoms with E-state index in [1.165, 1.54) is 37.4 Å². The second kappa shape index (κ2) is 5.26. The monoisotopic (exact) mass is 221 g/mol. The Morgan fingerprint density at radius 2 is 1.94 bits per heavy atom. The van der Waals surface area contributed by atoms with E-state index in [-0.39, 0.29) is 0 Å². The minimum atomic E-state index is -1.48. The molecular weight excluding hydrogens is 210 g/mol. The van der Waals surface area contributed by atoms with Crippen LogP contribution >= 0.6 is 0 Å². The molecule has 2 atom stereocenters. The summed E-state index contributed by atoms with van der Waals surface area (Å²) in [5, 5.41) is 27.0. The zero-order valence-electron chi connectivity index (χ0n) is 8.62. The maximum Gasteiger partial charge on any atom is 0.337 e. The molecule has 0 radical (unpaired) electrons. The van der Waals surface area contributed by atoms with Crippen molar-refractivity contribution in [3.63, 3.8) is 0 Å². The molecule has 5 nitrogen and oxygen atoms in total. The summed E-state index contributed by atoms with van der Waals surface area (Å²) >= 11 is 0. The first-order valence-corrected chi connectivity index (χ1v) is 4.54. The molecule has 0 aliphatic rings. The number of hydrogen-bond acceptors (Lipinski definition) is 5. The Morgan fingerprint density at radius 3 is 2.38 bits per heavy atom. The fourth-order valence-corrected chi connectivity index (χ4v) is 1.19. The molecule has 1 aromatic carbocycles. The number of hydrogen-bond donors (Lipinski definition) is 2. The lowest BCUT2D eigenvalue weighted by Gasteiger charge is -2.11. The number of aliphatic hydroxyl groups excluding tert-OH is 2. The lowest BCUT2D eigenvalue weighted by atomic mass is 10.0. The van der Waals surface area contributed by atoms with Gasteiger partial charge in [-0.1, -0.05) is 12.1 Å². The smallest absolute Gasteiger partial charge is 0.337 e. The predicted octanol–water partition coefficient (Wildman–Crippen LogP) is 0.391. The molecule has 0 bridgehead atoms. The minimum absolute atomic E-state index is 0.338. The summed E-state index contributed by atoms with van der Waals surface area (Å²) in [4.78, 5) is 11.1. The van der Waals surface area contributed by atoms with Crippen LogP contribution in [0.2, 0.25) is 0 Å². The fraction of sp³-hybridized carbons (Fsp3) is 0.273. The maximum atomic E-state index is 11.1. The first-order valence-electron chi connectivity index (χ1n) is 4.54. The van der Waals surface area contributed by atoms with Gasteiger partial charge in [-0.25, -0.2) is 4.79 Å². The van der Waals surface area contributed by atoms with E-state index in [9.17, 15) is 9.90 Å². The van der Waals surface area contributed by atoms with Gasteiger partial charge in [-0.15, -0.1) is 0 Å². The average molecular weight is 221 g/mol. The summed E-state index contributed by atoms with van der Waals surface area (Å²) in [6, 6.07) is 7.34. The van der Waals surface area contributed by atoms with Gasteiger partial charge in [0.1, 0.15) is 6.10 Å². The summed E-state index contributed by atoms with van der Waals surface area (Å²) in [7, 11) is 1.27. The minimum Gasteiger partial charge on any atom is -0.465 e. The quantitative estimate of drug-likeness (QED) is 0.569. The number of carbonyl (C=O) groups is 1. The predicted molar refractivity (Wildman–Crippen MR) is 54.4 cm³/mol. The van der Waals surface area contributed by atoms with Gasteiger partial charge in [0, 0.05) is 0 Å². The van der Waals surface area contributed by atoms with E-state index in [2.05, 4.69) is 4.74 Å². The normalized spacial score (nSPS) is 13.6. The zero-order chi connectivity index (χ0) is 12.1. The van der Waals surface area contributed by atoms with Crippen molar-refractivity contribution in [2.24, 2.45) is 0 Å². The Morgan fingerprint density at radius 1 is 1.38 bits per heavy atom. The van der Waals surface area contributed by atoms with Gasteiger partial charge < -0.3 is 14.9 Å². The van der Waals surface area contributed by atoms with E-state index in [1.807, 2.05) is 0 Å². The largest absolute Gasteiger partial charge is 0.465 e. The number of nitriles is 1. The van der Waals surface area contributed by atoms with Crippen molar-refractivity contribution in [3.8, 4) is 6.07 Å². The van der Waals surface area contributed by atoms with Gasteiger partial charge in [0.15, 0.2) is 6.10 Å². The van der Waals surface area contributed by atoms with Crippen molar-refractivity contribution in [2.45, 2.75) is 12.2 Å². The van der Waals surface area contributed by atoms with Crippen molar-refractivity contribution >= 4 is 5.97 Å². The molecule has 1 rings (SSSR count). The molecule has 0 aliphatic heterocycles. The highest BCUT2D eigenvalue weighted by Crippen LogP contribution is 2.17. The Balaban J connectivity index is 2.87. The van der Waals surface area contributed by atoms with Gasteiger partial charge in [-0.3, -0.25) is 0 Å². The highest BCUT2D eigenvalue weighted by molar-refractivity contribution is 5.89. The summed E-state index contributed by atoms with van der Waals surface area (Å²) in [6.45, 7) is 0. The van der Waals surface area contributed by atoms with E-state index in [0.29, 0.717) is 11.1 Å². The van der Waals surface area contributed by atoms with Crippen LogP contribution in [0.3, 0.4) is 0 Å². The molecule has 0 saturated carbocycles. The number of ether oxygens (including phenoxy) is 1. The number of methoxy groups -OCH3 is 1. The first kappa shape index (κ1) is 12.2. The van der Waals surface area contributed by atoms with E-state index >= 15 is 0 Å². The van der Waals surface area contributed by atoms with Crippen molar-refractivity contribution in [2.75, 3.05) is 7.11 Å². The zero-order valence-corrected chi connectivity index (χ0v) is 8.62. The summed E-state index contributed by atoms with van der Waals surface area (Å²) in [6.07, 6.45) is -2.76. The van der Waals surface area contributed by atoms with Crippen molar-refractivity contribution in [1.29, 1.82) is 5.26 Å². The number of rotatable bonds is 3. The SMILES string of the molecule is COC(=O)c1ccc(C(O)C(O)C#N)cc1. The molecule has 0 aromatic heterocycles. The Bertz CT molecular complexity index is 407. The second-order valence-corrected chi connectivity index (χ2v) is 3.13. The molecule has 16 heavy (non-hydrogen) atoms. The van der Waals surface area contributed by atoms with E-state index in [4.69, 9.17) is 10.4 Å². The molecular formula is C11H11NO4. The molecule has 0 fully saturated rings. The average Bonchev–Trinajstić information content (AvgIpc) is 2.36. The topological polar surface area (TPSA) is 90.6 Å². The molecule has 0 saturated heterocycles. The second-order valence-electron chi connectivity index (χ2n) is 3.13. The van der Waals surface area contributed by atoms with Gasteiger partial charge in [0.05, 0.1) is 18.7 Å². The Labute approximate surface area is 92.5 Å². The molecule has 0 heterocycles. The summed E-state index contributed by atoms with van der Waals surface area (Å²) in [5.74, 6) is -0.484. The number of benzene rings is 1. The van der Waals surface area contributed by atoms with Gasteiger partial charge >= 0.3 is 5.97 Å². The Hall–Kier alpha value is -1.90. The standard InChI is InChI=1S/C11H11NO4/c1-16-11(15)8-4-2-7(3-5-8)10(14)9(13)6-12/h2-5,9-10,13-14H,1H3. The van der Waals surface area contributed by atoms with Crippen molar-refractivity contribution in [3.05, 3.63) is 35.4 Å². The van der Waals surface area contributed by atoms with E-state index < -0.39 is 18.2 Å². The molecule has 2 N–H and O–H groups in total. The molecule has 0 spiro atoms. The third-order valence-corrected chi connectivity index (χ3v) is 2.10. The number of nitrogens with zero attached hydrogens (tertiary/aromatic N) is 1. The maximum absolute atomic E-state index is 11.1. The van der Waals surface area contributed by atoms with Crippen LogP contribution in [-0.4, -0.2) is 29.4 Å². The van der Waals surface area contributed by atoms with Crippen LogP contribution in [-0.2, 0) is 4.74 Å². The highest BCUT2D eigenvalue weighted by atomic mass is 16.5. The van der Waals surface area contributed by atoms with Gasteiger partial charge in [0.25, 0.3) is 0 Å². The fourth-order valence-electron chi connectivity index (χ4n) is 1.19. The van der Waals surface area contributed by atoms with Crippen LogP contribution in [0.15, 0.2) is 24.3 Å². The summed E-state index contributed by atoms with van der Waals surface area (Å²) < 4.78 is 4.50. The molecule has 1 aromatic rings. The number of carbonyl (C=O) groups excluding carboxylic acids is 1. The Kier molecular flexibility index (Phi) is 4.00. The van der Waals surface area contributed by atoms with Crippen LogP contribution in [0.4, 0.5) is 0 Å². The van der Waals surface area contributed by atoms with Crippen molar-refractivity contribution < 1.29 is 19.7 Å². The highest BCUT2D eigenvalue weighted by Gasteiger charge is 2.17. The van der Waals surface area contributed by atoms with E-state index in [1.54, 1.807) is 0 Å². The summed E-state index contributed by atoms with van der Waals surface area (Å²) in [5.41, 5.74) is 0.701. The van der Waals surface area contributed by atoms with Gasteiger partial charge in [-0.05, 0) is 17.7 Å². The molecule has 5 heteroatoms. The molecule has 84 valence electrons. The molecule has 0 aliphatic carbocycles. The van der Waals surface area contributed by atoms with Crippen molar-refractivity contribution in [1.82, 2.24) is 0 Å². The van der Waals surface area contributed by atoms with E-state index in [0.717, 1.165) is 0 Å². The third-order valence-electron chi connectivity index (χ3n) is 2.10. The van der Waals surface area contributed by atoms with Gasteiger partial charge in [0.2, 0.25) is 0 Å². The van der Waals surface area contributed by atoms with Crippen LogP contribution in [0, 0.1) is 11.3 Å². The van der Waals surface area contributed by atoms with Gasteiger partial charge in [-0.2, -0.15) is 5.26 Å². The van der Waals surface area contributed by atoms with Crippen LogP contribution < -0.4 is 0 Å².